The van der Waals surface area contributed by atoms with Crippen LogP contribution in [0, 0.1) is 5.92 Å². The summed E-state index contributed by atoms with van der Waals surface area (Å²) in [4.78, 5) is 12.8. The molecule has 1 saturated heterocycles. The zero-order chi connectivity index (χ0) is 20.5. The smallest absolute Gasteiger partial charge is 0.416 e. The van der Waals surface area contributed by atoms with Crippen molar-refractivity contribution in [1.29, 1.82) is 0 Å². The fourth-order valence-electron chi connectivity index (χ4n) is 3.77. The molecule has 1 aromatic rings. The standard InChI is InChI=1S/C20H33F3N2OSi/c1-19(2,27(4,5)26)12-15-9-10-25(13-15)14-18(24-3)16-7-6-8-17(11-16)20(21,22)23/h6-8,11,15,18,24,26H,9-10,12-14H2,1-5H3/t15-,18+/m1/s1. The topological polar surface area (TPSA) is 35.5 Å². The molecule has 0 bridgehead atoms. The predicted octanol–water partition coefficient (Wildman–Crippen LogP) is 4.66. The van der Waals surface area contributed by atoms with Crippen LogP contribution in [0.1, 0.15) is 43.9 Å². The van der Waals surface area contributed by atoms with Crippen LogP contribution in [0.2, 0.25) is 18.1 Å². The molecule has 0 aromatic heterocycles. The van der Waals surface area contributed by atoms with Gasteiger partial charge in [0.25, 0.3) is 0 Å². The van der Waals surface area contributed by atoms with Gasteiger partial charge in [-0.2, -0.15) is 13.2 Å². The summed E-state index contributed by atoms with van der Waals surface area (Å²) in [5.41, 5.74) is 0.0661. The second-order valence-electron chi connectivity index (χ2n) is 9.03. The number of hydrogen-bond acceptors (Lipinski definition) is 3. The van der Waals surface area contributed by atoms with Gasteiger partial charge in [0.2, 0.25) is 0 Å². The first-order valence-corrected chi connectivity index (χ1v) is 12.6. The Bertz CT molecular complexity index is 628. The number of alkyl halides is 3. The van der Waals surface area contributed by atoms with E-state index in [2.05, 4.69) is 24.1 Å². The fourth-order valence-corrected chi connectivity index (χ4v) is 4.56. The van der Waals surface area contributed by atoms with Crippen molar-refractivity contribution in [3.63, 3.8) is 0 Å². The van der Waals surface area contributed by atoms with Gasteiger partial charge in [-0.15, -0.1) is 0 Å². The molecule has 0 saturated carbocycles. The fraction of sp³-hybridized carbons (Fsp3) is 0.700. The molecular weight excluding hydrogens is 369 g/mol. The van der Waals surface area contributed by atoms with Crippen LogP contribution in [-0.2, 0) is 6.18 Å². The van der Waals surface area contributed by atoms with Crippen LogP contribution < -0.4 is 5.32 Å². The third-order valence-electron chi connectivity index (χ3n) is 6.23. The van der Waals surface area contributed by atoms with E-state index in [1.165, 1.54) is 12.1 Å². The van der Waals surface area contributed by atoms with E-state index in [4.69, 9.17) is 0 Å². The molecule has 1 aromatic carbocycles. The maximum absolute atomic E-state index is 13.0. The average molecular weight is 403 g/mol. The summed E-state index contributed by atoms with van der Waals surface area (Å²) in [6.45, 7) is 10.9. The van der Waals surface area contributed by atoms with Gasteiger partial charge in [-0.1, -0.05) is 26.0 Å². The van der Waals surface area contributed by atoms with Crippen LogP contribution in [0.15, 0.2) is 24.3 Å². The summed E-state index contributed by atoms with van der Waals surface area (Å²) in [7, 11) is -0.434. The van der Waals surface area contributed by atoms with Crippen LogP contribution in [0.3, 0.4) is 0 Å². The molecule has 0 amide bonds. The second-order valence-corrected chi connectivity index (χ2v) is 13.5. The van der Waals surface area contributed by atoms with E-state index in [1.54, 1.807) is 13.1 Å². The summed E-state index contributed by atoms with van der Waals surface area (Å²) in [6, 6.07) is 5.46. The molecule has 1 aliphatic rings. The van der Waals surface area contributed by atoms with Crippen molar-refractivity contribution < 1.29 is 18.0 Å². The van der Waals surface area contributed by atoms with Gasteiger partial charge in [0.1, 0.15) is 0 Å². The SMILES string of the molecule is CN[C@@H](CN1CC[C@H](CC(C)(C)[Si](C)(C)O)C1)c1cccc(C(F)(F)F)c1. The summed E-state index contributed by atoms with van der Waals surface area (Å²) in [6.07, 6.45) is -2.25. The second kappa shape index (κ2) is 8.23. The Labute approximate surface area is 162 Å². The number of nitrogens with zero attached hydrogens (tertiary/aromatic N) is 1. The normalized spacial score (nSPS) is 20.9. The lowest BCUT2D eigenvalue weighted by molar-refractivity contribution is -0.137. The van der Waals surface area contributed by atoms with Gasteiger partial charge in [0, 0.05) is 19.1 Å². The van der Waals surface area contributed by atoms with Gasteiger partial charge in [-0.05, 0) is 68.2 Å². The van der Waals surface area contributed by atoms with Gasteiger partial charge >= 0.3 is 6.18 Å². The number of likely N-dealkylation sites (tertiary alicyclic amines) is 1. The van der Waals surface area contributed by atoms with Crippen LogP contribution in [0.5, 0.6) is 0 Å². The molecule has 0 unspecified atom stereocenters. The minimum absolute atomic E-state index is 0.0445. The maximum Gasteiger partial charge on any atom is 0.416 e. The molecule has 1 fully saturated rings. The van der Waals surface area contributed by atoms with Crippen molar-refractivity contribution in [2.45, 2.75) is 57.0 Å². The van der Waals surface area contributed by atoms with Gasteiger partial charge in [0.15, 0.2) is 8.32 Å². The van der Waals surface area contributed by atoms with Gasteiger partial charge in [0.05, 0.1) is 5.56 Å². The van der Waals surface area contributed by atoms with Crippen LogP contribution in [-0.4, -0.2) is 44.7 Å². The number of rotatable bonds is 7. The highest BCUT2D eigenvalue weighted by atomic mass is 28.4. The number of halogens is 3. The Morgan fingerprint density at radius 3 is 2.52 bits per heavy atom. The van der Waals surface area contributed by atoms with Crippen LogP contribution in [0.25, 0.3) is 0 Å². The Morgan fingerprint density at radius 1 is 1.30 bits per heavy atom. The van der Waals surface area contributed by atoms with Crippen molar-refractivity contribution >= 4 is 8.32 Å². The van der Waals surface area contributed by atoms with E-state index in [0.29, 0.717) is 18.0 Å². The largest absolute Gasteiger partial charge is 0.432 e. The molecule has 2 rings (SSSR count). The summed E-state index contributed by atoms with van der Waals surface area (Å²) in [5, 5.41) is 3.12. The van der Waals surface area contributed by atoms with Crippen molar-refractivity contribution in [2.75, 3.05) is 26.7 Å². The molecule has 154 valence electrons. The lowest BCUT2D eigenvalue weighted by Crippen LogP contribution is -2.40. The quantitative estimate of drug-likeness (QED) is 0.652. The molecule has 3 nitrogen and oxygen atoms in total. The molecule has 7 heteroatoms. The minimum Gasteiger partial charge on any atom is -0.432 e. The lowest BCUT2D eigenvalue weighted by Gasteiger charge is -2.37. The van der Waals surface area contributed by atoms with Crippen molar-refractivity contribution in [3.8, 4) is 0 Å². The Morgan fingerprint density at radius 2 is 1.96 bits per heavy atom. The van der Waals surface area contributed by atoms with E-state index in [-0.39, 0.29) is 11.1 Å². The molecule has 0 spiro atoms. The number of likely N-dealkylation sites (N-methyl/N-ethyl adjacent to an activating group) is 1. The molecular formula is C20H33F3N2OSi. The van der Waals surface area contributed by atoms with Crippen LogP contribution >= 0.6 is 0 Å². The first kappa shape index (κ1) is 22.4. The van der Waals surface area contributed by atoms with E-state index < -0.39 is 20.1 Å². The molecule has 1 aliphatic heterocycles. The third-order valence-corrected chi connectivity index (χ3v) is 9.75. The highest BCUT2D eigenvalue weighted by molar-refractivity contribution is 6.72. The highest BCUT2D eigenvalue weighted by Gasteiger charge is 2.41. The Balaban J connectivity index is 2.00. The minimum atomic E-state index is -4.32. The van der Waals surface area contributed by atoms with Crippen molar-refractivity contribution in [1.82, 2.24) is 10.2 Å². The highest BCUT2D eigenvalue weighted by Crippen LogP contribution is 2.43. The van der Waals surface area contributed by atoms with Gasteiger partial charge in [-0.25, -0.2) is 0 Å². The van der Waals surface area contributed by atoms with E-state index in [0.717, 1.165) is 32.0 Å². The van der Waals surface area contributed by atoms with Crippen LogP contribution in [0.4, 0.5) is 13.2 Å². The Hall–Kier alpha value is -0.893. The van der Waals surface area contributed by atoms with E-state index >= 15 is 0 Å². The van der Waals surface area contributed by atoms with Gasteiger partial charge < -0.3 is 15.0 Å². The molecule has 27 heavy (non-hydrogen) atoms. The first-order valence-electron chi connectivity index (χ1n) is 9.62. The molecule has 2 N–H and O–H groups in total. The van der Waals surface area contributed by atoms with E-state index in [9.17, 15) is 18.0 Å². The van der Waals surface area contributed by atoms with Gasteiger partial charge in [-0.3, -0.25) is 0 Å². The van der Waals surface area contributed by atoms with Crippen molar-refractivity contribution in [2.24, 2.45) is 5.92 Å². The monoisotopic (exact) mass is 402 g/mol. The molecule has 1 heterocycles. The lowest BCUT2D eigenvalue weighted by atomic mass is 9.95. The Kier molecular flexibility index (Phi) is 6.83. The number of benzene rings is 1. The summed E-state index contributed by atoms with van der Waals surface area (Å²) < 4.78 is 39.0. The maximum atomic E-state index is 13.0. The zero-order valence-corrected chi connectivity index (χ0v) is 18.0. The molecule has 0 aliphatic carbocycles. The summed E-state index contributed by atoms with van der Waals surface area (Å²) in [5.74, 6) is 0.526. The first-order chi connectivity index (χ1) is 12.3. The predicted molar refractivity (Wildman–Crippen MR) is 106 cm³/mol. The number of nitrogens with one attached hydrogen (secondary N) is 1. The third kappa shape index (κ3) is 5.79. The molecule has 2 atom stereocenters. The number of hydrogen-bond donors (Lipinski definition) is 2. The summed E-state index contributed by atoms with van der Waals surface area (Å²) >= 11 is 0. The van der Waals surface area contributed by atoms with E-state index in [1.807, 2.05) is 13.1 Å². The van der Waals surface area contributed by atoms with Crippen molar-refractivity contribution in [3.05, 3.63) is 35.4 Å². The average Bonchev–Trinajstić information content (AvgIpc) is 2.97. The molecule has 0 radical (unpaired) electrons. The zero-order valence-electron chi connectivity index (χ0n) is 17.0.